The van der Waals surface area contributed by atoms with Gasteiger partial charge in [0, 0.05) is 39.7 Å². The van der Waals surface area contributed by atoms with Crippen LogP contribution in [0.15, 0.2) is 42.9 Å². The lowest BCUT2D eigenvalue weighted by atomic mass is 9.86. The lowest BCUT2D eigenvalue weighted by molar-refractivity contribution is -0.0670. The number of rotatable bonds is 5. The van der Waals surface area contributed by atoms with E-state index in [1.165, 1.54) is 6.07 Å². The van der Waals surface area contributed by atoms with Gasteiger partial charge in [-0.05, 0) is 71.1 Å². The fraction of sp³-hybridized carbons (Fsp3) is 0.385. The van der Waals surface area contributed by atoms with E-state index in [0.717, 1.165) is 31.5 Å². The van der Waals surface area contributed by atoms with Crippen molar-refractivity contribution in [2.45, 2.75) is 44.0 Å². The summed E-state index contributed by atoms with van der Waals surface area (Å²) < 4.78 is 7.71. The van der Waals surface area contributed by atoms with Gasteiger partial charge in [0.25, 0.3) is 0 Å². The highest BCUT2D eigenvalue weighted by atomic mass is 35.5. The first-order chi connectivity index (χ1) is 16.9. The molecule has 4 N–H and O–H groups in total. The summed E-state index contributed by atoms with van der Waals surface area (Å²) in [7, 11) is 8.26. The van der Waals surface area contributed by atoms with Crippen molar-refractivity contribution in [2.75, 3.05) is 25.9 Å². The molecule has 3 aromatic rings. The van der Waals surface area contributed by atoms with Gasteiger partial charge >= 0.3 is 0 Å². The van der Waals surface area contributed by atoms with E-state index in [2.05, 4.69) is 33.9 Å². The normalized spacial score (nSPS) is 16.7. The molecule has 186 valence electrons. The second kappa shape index (κ2) is 10.2. The van der Waals surface area contributed by atoms with E-state index in [9.17, 15) is 10.2 Å². The Morgan fingerprint density at radius 3 is 2.58 bits per heavy atom. The first-order valence-electron chi connectivity index (χ1n) is 11.7. The summed E-state index contributed by atoms with van der Waals surface area (Å²) in [6, 6.07) is 6.69. The molecule has 1 aliphatic heterocycles. The molecule has 1 saturated heterocycles. The number of pyridine rings is 1. The molecule has 0 saturated carbocycles. The molecular weight excluding hydrogens is 477 g/mol. The molecule has 0 amide bonds. The zero-order chi connectivity index (χ0) is 26.1. The molecule has 1 aliphatic rings. The van der Waals surface area contributed by atoms with Gasteiger partial charge < -0.3 is 25.6 Å². The molecule has 2 aromatic heterocycles. The molecule has 2 radical (unpaired) electrons. The largest absolute Gasteiger partial charge is 0.464 e. The lowest BCUT2D eigenvalue weighted by Gasteiger charge is -2.29. The molecule has 0 bridgehead atoms. The third-order valence-corrected chi connectivity index (χ3v) is 6.34. The lowest BCUT2D eigenvalue weighted by Crippen LogP contribution is -2.34. The molecule has 1 unspecified atom stereocenters. The summed E-state index contributed by atoms with van der Waals surface area (Å²) in [5, 5.41) is 25.6. The Labute approximate surface area is 217 Å². The Bertz CT molecular complexity index is 1300. The summed E-state index contributed by atoms with van der Waals surface area (Å²) in [6.07, 6.45) is 7.43. The van der Waals surface area contributed by atoms with Crippen LogP contribution in [-0.2, 0) is 5.69 Å². The zero-order valence-corrected chi connectivity index (χ0v) is 21.3. The van der Waals surface area contributed by atoms with Crippen LogP contribution in [0.5, 0.6) is 5.75 Å². The summed E-state index contributed by atoms with van der Waals surface area (Å²) >= 11 is 6.31. The van der Waals surface area contributed by atoms with Crippen molar-refractivity contribution < 1.29 is 14.9 Å². The highest BCUT2D eigenvalue weighted by Gasteiger charge is 2.29. The van der Waals surface area contributed by atoms with Crippen molar-refractivity contribution in [1.29, 1.82) is 0 Å². The first-order valence-corrected chi connectivity index (χ1v) is 12.0. The molecule has 4 rings (SSSR count). The number of hydrogen-bond donors (Lipinski definition) is 3. The third kappa shape index (κ3) is 6.20. The molecule has 0 spiro atoms. The van der Waals surface area contributed by atoms with E-state index in [1.807, 2.05) is 10.9 Å². The molecule has 1 aromatic carbocycles. The molecule has 10 heteroatoms. The van der Waals surface area contributed by atoms with Gasteiger partial charge in [0.1, 0.15) is 5.60 Å². The standard InChI is InChI=1S/C26H29BClN5O3/c1-25(2,34)9-6-17-4-5-22(28)21(12-17)26(27,35)36-23-13-18(14-30-24(23)29)19-15-31-33(16-19)20-7-10-32(3)11-8-20/h4-5,12-16,20,34-35H,7-8,10-11H2,1-3H3,(H2,29,30). The quantitative estimate of drug-likeness (QED) is 0.278. The van der Waals surface area contributed by atoms with E-state index < -0.39 is 11.3 Å². The predicted octanol–water partition coefficient (Wildman–Crippen LogP) is 2.92. The van der Waals surface area contributed by atoms with Gasteiger partial charge in [-0.2, -0.15) is 5.10 Å². The minimum absolute atomic E-state index is 0.0550. The SMILES string of the molecule is [B]C(O)(Oc1cc(-c2cnn(C3CCN(C)CC3)c2)cnc1N)c1cc(C#CC(C)(C)O)ccc1Cl. The van der Waals surface area contributed by atoms with E-state index >= 15 is 0 Å². The molecule has 1 atom stereocenters. The number of anilines is 1. The van der Waals surface area contributed by atoms with Gasteiger partial charge in [-0.25, -0.2) is 4.98 Å². The number of aromatic nitrogens is 3. The van der Waals surface area contributed by atoms with E-state index in [4.69, 9.17) is 29.9 Å². The van der Waals surface area contributed by atoms with Crippen molar-refractivity contribution in [2.24, 2.45) is 0 Å². The average molecular weight is 506 g/mol. The van der Waals surface area contributed by atoms with Crippen molar-refractivity contribution >= 4 is 25.3 Å². The van der Waals surface area contributed by atoms with Crippen LogP contribution >= 0.6 is 11.6 Å². The first kappa shape index (κ1) is 26.0. The summed E-state index contributed by atoms with van der Waals surface area (Å²) in [6.45, 7) is 5.20. The van der Waals surface area contributed by atoms with Crippen LogP contribution in [0.4, 0.5) is 5.82 Å². The maximum absolute atomic E-state index is 11.0. The molecule has 8 nitrogen and oxygen atoms in total. The van der Waals surface area contributed by atoms with Gasteiger partial charge in [-0.15, -0.1) is 0 Å². The second-order valence-corrected chi connectivity index (χ2v) is 10.1. The zero-order valence-electron chi connectivity index (χ0n) is 20.6. The van der Waals surface area contributed by atoms with E-state index in [1.54, 1.807) is 44.4 Å². The van der Waals surface area contributed by atoms with Gasteiger partial charge in [-0.3, -0.25) is 4.68 Å². The van der Waals surface area contributed by atoms with Gasteiger partial charge in [0.05, 0.1) is 12.2 Å². The Balaban J connectivity index is 1.58. The van der Waals surface area contributed by atoms with Crippen LogP contribution in [-0.4, -0.2) is 63.5 Å². The number of nitrogens with zero attached hydrogens (tertiary/aromatic N) is 4. The van der Waals surface area contributed by atoms with E-state index in [0.29, 0.717) is 17.2 Å². The molecule has 36 heavy (non-hydrogen) atoms. The molecule has 1 fully saturated rings. The van der Waals surface area contributed by atoms with Gasteiger partial charge in [0.2, 0.25) is 0 Å². The highest BCUT2D eigenvalue weighted by molar-refractivity contribution is 6.32. The Kier molecular flexibility index (Phi) is 7.35. The Morgan fingerprint density at radius 1 is 1.17 bits per heavy atom. The van der Waals surface area contributed by atoms with Crippen molar-refractivity contribution in [1.82, 2.24) is 19.7 Å². The number of ether oxygens (including phenoxy) is 1. The van der Waals surface area contributed by atoms with Crippen molar-refractivity contribution in [3.8, 4) is 28.7 Å². The summed E-state index contributed by atoms with van der Waals surface area (Å²) in [5.41, 5.74) is 4.67. The molecular formula is C26H29BClN5O3. The smallest absolute Gasteiger partial charge is 0.183 e. The third-order valence-electron chi connectivity index (χ3n) is 6.01. The van der Waals surface area contributed by atoms with E-state index in [-0.39, 0.29) is 22.2 Å². The van der Waals surface area contributed by atoms with Crippen LogP contribution in [0, 0.1) is 11.8 Å². The summed E-state index contributed by atoms with van der Waals surface area (Å²) in [5.74, 6) is 5.69. The Morgan fingerprint density at radius 2 is 1.89 bits per heavy atom. The number of benzene rings is 1. The topological polar surface area (TPSA) is 110 Å². The minimum atomic E-state index is -2.32. The number of halogens is 1. The number of nitrogen functional groups attached to an aromatic ring is 1. The maximum Gasteiger partial charge on any atom is 0.183 e. The van der Waals surface area contributed by atoms with Crippen molar-refractivity contribution in [3.05, 3.63) is 59.0 Å². The van der Waals surface area contributed by atoms with Crippen LogP contribution in [0.2, 0.25) is 5.02 Å². The highest BCUT2D eigenvalue weighted by Crippen LogP contribution is 2.34. The minimum Gasteiger partial charge on any atom is -0.464 e. The fourth-order valence-electron chi connectivity index (χ4n) is 3.97. The van der Waals surface area contributed by atoms with Gasteiger partial charge in [-0.1, -0.05) is 23.4 Å². The van der Waals surface area contributed by atoms with Crippen LogP contribution in [0.3, 0.4) is 0 Å². The second-order valence-electron chi connectivity index (χ2n) is 9.65. The van der Waals surface area contributed by atoms with Crippen LogP contribution < -0.4 is 10.5 Å². The van der Waals surface area contributed by atoms with Crippen LogP contribution in [0.1, 0.15) is 43.9 Å². The number of hydrogen-bond acceptors (Lipinski definition) is 7. The summed E-state index contributed by atoms with van der Waals surface area (Å²) in [4.78, 5) is 6.53. The molecule has 0 aliphatic carbocycles. The number of piperidine rings is 1. The number of nitrogens with two attached hydrogens (primary N) is 1. The predicted molar refractivity (Wildman–Crippen MR) is 141 cm³/mol. The molecule has 3 heterocycles. The maximum atomic E-state index is 11.0. The average Bonchev–Trinajstić information content (AvgIpc) is 3.30. The Hall–Kier alpha value is -3.03. The van der Waals surface area contributed by atoms with Crippen LogP contribution in [0.25, 0.3) is 11.1 Å². The number of likely N-dealkylation sites (tertiary alicyclic amines) is 1. The number of aliphatic hydroxyl groups is 2. The fourth-order valence-corrected chi connectivity index (χ4v) is 4.22. The monoisotopic (exact) mass is 505 g/mol. The van der Waals surface area contributed by atoms with Crippen molar-refractivity contribution in [3.63, 3.8) is 0 Å². The van der Waals surface area contributed by atoms with Gasteiger partial charge in [0.15, 0.2) is 25.1 Å².